The lowest BCUT2D eigenvalue weighted by Crippen LogP contribution is -2.41. The summed E-state index contributed by atoms with van der Waals surface area (Å²) in [4.78, 5) is 4.31. The van der Waals surface area contributed by atoms with Crippen LogP contribution < -0.4 is 10.6 Å². The lowest BCUT2D eigenvalue weighted by Gasteiger charge is -2.32. The molecule has 1 fully saturated rings. The van der Waals surface area contributed by atoms with Crippen molar-refractivity contribution in [2.24, 2.45) is 18.0 Å². The van der Waals surface area contributed by atoms with Crippen LogP contribution >= 0.6 is 24.0 Å². The Kier molecular flexibility index (Phi) is 8.49. The smallest absolute Gasteiger partial charge is 0.191 e. The molecule has 0 bridgehead atoms. The van der Waals surface area contributed by atoms with E-state index in [9.17, 15) is 0 Å². The fourth-order valence-electron chi connectivity index (χ4n) is 3.26. The summed E-state index contributed by atoms with van der Waals surface area (Å²) < 4.78 is 7.99. The van der Waals surface area contributed by atoms with E-state index >= 15 is 0 Å². The number of rotatable bonds is 5. The zero-order valence-electron chi connectivity index (χ0n) is 16.2. The Morgan fingerprint density at radius 3 is 2.74 bits per heavy atom. The molecule has 7 nitrogen and oxygen atoms in total. The van der Waals surface area contributed by atoms with Crippen LogP contribution in [0.25, 0.3) is 0 Å². The molecule has 0 aliphatic carbocycles. The van der Waals surface area contributed by atoms with Crippen molar-refractivity contribution >= 4 is 29.9 Å². The minimum atomic E-state index is 0. The number of aryl methyl sites for hydroxylation is 2. The first-order valence-electron chi connectivity index (χ1n) is 9.13. The van der Waals surface area contributed by atoms with Crippen LogP contribution in [-0.4, -0.2) is 40.9 Å². The average molecular weight is 484 g/mol. The first-order chi connectivity index (χ1) is 12.7. The number of aliphatic imine (C=N–C) groups is 1. The number of nitrogens with zero attached hydrogens (tertiary/aromatic N) is 4. The minimum Gasteiger partial charge on any atom is -0.373 e. The zero-order valence-corrected chi connectivity index (χ0v) is 18.5. The number of aromatic nitrogens is 3. The highest BCUT2D eigenvalue weighted by molar-refractivity contribution is 14.0. The summed E-state index contributed by atoms with van der Waals surface area (Å²) in [6, 6.07) is 8.66. The molecule has 0 amide bonds. The molecule has 2 N–H and O–H groups in total. The molecule has 1 aliphatic heterocycles. The van der Waals surface area contributed by atoms with Gasteiger partial charge in [0, 0.05) is 33.2 Å². The van der Waals surface area contributed by atoms with Gasteiger partial charge in [-0.2, -0.15) is 0 Å². The predicted octanol–water partition coefficient (Wildman–Crippen LogP) is 2.57. The standard InChI is InChI=1S/C19H28N6O.HI/c1-14-6-8-15(9-7-14)18-16(5-4-10-26-18)11-21-19(20-2)22-12-17-24-23-13-25(17)3;/h6-9,13,16,18H,4-5,10-12H2,1-3H3,(H2,20,21,22);1H. The summed E-state index contributed by atoms with van der Waals surface area (Å²) in [6.07, 6.45) is 4.07. The van der Waals surface area contributed by atoms with Gasteiger partial charge in [-0.3, -0.25) is 4.99 Å². The molecule has 3 rings (SSSR count). The fourth-order valence-corrected chi connectivity index (χ4v) is 3.26. The van der Waals surface area contributed by atoms with Crippen LogP contribution in [0.3, 0.4) is 0 Å². The van der Waals surface area contributed by atoms with Crippen molar-refractivity contribution in [3.63, 3.8) is 0 Å². The third-order valence-electron chi connectivity index (χ3n) is 4.83. The molecule has 27 heavy (non-hydrogen) atoms. The van der Waals surface area contributed by atoms with E-state index in [0.717, 1.165) is 37.8 Å². The van der Waals surface area contributed by atoms with Gasteiger partial charge in [-0.1, -0.05) is 29.8 Å². The molecule has 0 radical (unpaired) electrons. The monoisotopic (exact) mass is 484 g/mol. The highest BCUT2D eigenvalue weighted by Crippen LogP contribution is 2.33. The van der Waals surface area contributed by atoms with Crippen molar-refractivity contribution in [2.45, 2.75) is 32.4 Å². The Hall–Kier alpha value is -1.68. The van der Waals surface area contributed by atoms with Crippen LogP contribution in [0, 0.1) is 12.8 Å². The Morgan fingerprint density at radius 2 is 2.07 bits per heavy atom. The van der Waals surface area contributed by atoms with Gasteiger partial charge in [0.25, 0.3) is 0 Å². The van der Waals surface area contributed by atoms with Gasteiger partial charge in [0.15, 0.2) is 11.8 Å². The van der Waals surface area contributed by atoms with Gasteiger partial charge < -0.3 is 19.9 Å². The first-order valence-corrected chi connectivity index (χ1v) is 9.13. The summed E-state index contributed by atoms with van der Waals surface area (Å²) in [5.41, 5.74) is 2.52. The molecule has 0 spiro atoms. The second-order valence-corrected chi connectivity index (χ2v) is 6.77. The van der Waals surface area contributed by atoms with Crippen molar-refractivity contribution in [1.29, 1.82) is 0 Å². The van der Waals surface area contributed by atoms with Crippen LogP contribution in [0.5, 0.6) is 0 Å². The molecular weight excluding hydrogens is 455 g/mol. The highest BCUT2D eigenvalue weighted by atomic mass is 127. The zero-order chi connectivity index (χ0) is 18.4. The molecule has 2 atom stereocenters. The minimum absolute atomic E-state index is 0. The van der Waals surface area contributed by atoms with Crippen molar-refractivity contribution in [3.8, 4) is 0 Å². The number of benzene rings is 1. The molecule has 8 heteroatoms. The summed E-state index contributed by atoms with van der Waals surface area (Å²) in [5, 5.41) is 14.7. The molecule has 2 unspecified atom stereocenters. The quantitative estimate of drug-likeness (QED) is 0.388. The number of nitrogens with one attached hydrogen (secondary N) is 2. The van der Waals surface area contributed by atoms with Gasteiger partial charge in [0.1, 0.15) is 6.33 Å². The molecule has 148 valence electrons. The summed E-state index contributed by atoms with van der Waals surface area (Å²) >= 11 is 0. The maximum Gasteiger partial charge on any atom is 0.191 e. The molecule has 0 saturated carbocycles. The van der Waals surface area contributed by atoms with Gasteiger partial charge >= 0.3 is 0 Å². The van der Waals surface area contributed by atoms with Crippen molar-refractivity contribution in [1.82, 2.24) is 25.4 Å². The van der Waals surface area contributed by atoms with Crippen LogP contribution in [0.1, 0.15) is 35.9 Å². The molecule has 2 aromatic rings. The highest BCUT2D eigenvalue weighted by Gasteiger charge is 2.27. The van der Waals surface area contributed by atoms with Crippen LogP contribution in [0.4, 0.5) is 0 Å². The van der Waals surface area contributed by atoms with E-state index in [2.05, 4.69) is 57.0 Å². The van der Waals surface area contributed by atoms with E-state index in [1.165, 1.54) is 11.1 Å². The van der Waals surface area contributed by atoms with Crippen LogP contribution in [0.15, 0.2) is 35.6 Å². The van der Waals surface area contributed by atoms with E-state index in [1.54, 1.807) is 13.4 Å². The molecule has 2 heterocycles. The SMILES string of the molecule is CN=C(NCc1nncn1C)NCC1CCCOC1c1ccc(C)cc1.I. The summed E-state index contributed by atoms with van der Waals surface area (Å²) in [5.74, 6) is 2.05. The van der Waals surface area contributed by atoms with Gasteiger partial charge in [-0.25, -0.2) is 0 Å². The van der Waals surface area contributed by atoms with Gasteiger partial charge in [0.2, 0.25) is 0 Å². The van der Waals surface area contributed by atoms with Crippen molar-refractivity contribution < 1.29 is 4.74 Å². The molecule has 1 aliphatic rings. The lowest BCUT2D eigenvalue weighted by molar-refractivity contribution is -0.0265. The average Bonchev–Trinajstić information content (AvgIpc) is 3.08. The van der Waals surface area contributed by atoms with E-state index < -0.39 is 0 Å². The van der Waals surface area contributed by atoms with E-state index in [4.69, 9.17) is 4.74 Å². The fraction of sp³-hybridized carbons (Fsp3) is 0.526. The summed E-state index contributed by atoms with van der Waals surface area (Å²) in [6.45, 7) is 4.33. The maximum atomic E-state index is 6.10. The third-order valence-corrected chi connectivity index (χ3v) is 4.83. The number of hydrogen-bond donors (Lipinski definition) is 2. The van der Waals surface area contributed by atoms with Crippen LogP contribution in [-0.2, 0) is 18.3 Å². The maximum absolute atomic E-state index is 6.10. The Balaban J connectivity index is 0.00000261. The molecule has 1 aromatic heterocycles. The predicted molar refractivity (Wildman–Crippen MR) is 117 cm³/mol. The Morgan fingerprint density at radius 1 is 1.30 bits per heavy atom. The Bertz CT molecular complexity index is 730. The largest absolute Gasteiger partial charge is 0.373 e. The van der Waals surface area contributed by atoms with E-state index in [-0.39, 0.29) is 30.1 Å². The van der Waals surface area contributed by atoms with E-state index in [1.807, 2.05) is 11.6 Å². The van der Waals surface area contributed by atoms with E-state index in [0.29, 0.717) is 12.5 Å². The van der Waals surface area contributed by atoms with Crippen molar-refractivity contribution in [3.05, 3.63) is 47.5 Å². The third kappa shape index (κ3) is 5.90. The molecule has 1 saturated heterocycles. The molecule has 1 aromatic carbocycles. The number of ether oxygens (including phenoxy) is 1. The first kappa shape index (κ1) is 21.6. The Labute approximate surface area is 178 Å². The second kappa shape index (κ2) is 10.6. The number of guanidine groups is 1. The normalized spacial score (nSPS) is 20.0. The lowest BCUT2D eigenvalue weighted by atomic mass is 9.89. The van der Waals surface area contributed by atoms with Gasteiger partial charge in [-0.05, 0) is 25.3 Å². The topological polar surface area (TPSA) is 76.4 Å². The second-order valence-electron chi connectivity index (χ2n) is 6.77. The summed E-state index contributed by atoms with van der Waals surface area (Å²) in [7, 11) is 3.71. The van der Waals surface area contributed by atoms with Crippen LogP contribution in [0.2, 0.25) is 0 Å². The van der Waals surface area contributed by atoms with Crippen molar-refractivity contribution in [2.75, 3.05) is 20.2 Å². The number of hydrogen-bond acceptors (Lipinski definition) is 4. The van der Waals surface area contributed by atoms with Gasteiger partial charge in [0.05, 0.1) is 12.6 Å². The number of halogens is 1. The molecular formula is C19H29IN6O. The van der Waals surface area contributed by atoms with Gasteiger partial charge in [-0.15, -0.1) is 34.2 Å².